The minimum absolute atomic E-state index is 0.954. The average molecular weight is 131 g/mol. The van der Waals surface area contributed by atoms with Gasteiger partial charge in [0, 0.05) is 23.7 Å². The fraction of sp³-hybridized carbons (Fsp3) is 0.125. The highest BCUT2D eigenvalue weighted by atomic mass is 16.5. The summed E-state index contributed by atoms with van der Waals surface area (Å²) in [6.45, 7) is 0. The van der Waals surface area contributed by atoms with Crippen LogP contribution in [0.25, 0.3) is 6.08 Å². The molecule has 0 radical (unpaired) electrons. The summed E-state index contributed by atoms with van der Waals surface area (Å²) in [7, 11) is 0. The molecule has 2 heterocycles. The topological polar surface area (TPSA) is 22.1 Å². The molecule has 0 atom stereocenters. The van der Waals surface area contributed by atoms with Crippen molar-refractivity contribution in [1.82, 2.24) is 4.98 Å². The van der Waals surface area contributed by atoms with E-state index < -0.39 is 0 Å². The van der Waals surface area contributed by atoms with E-state index in [1.807, 2.05) is 6.20 Å². The van der Waals surface area contributed by atoms with Gasteiger partial charge in [-0.3, -0.25) is 4.98 Å². The lowest BCUT2D eigenvalue weighted by Gasteiger charge is -2.03. The molecule has 2 bridgehead atoms. The molecule has 2 heteroatoms. The van der Waals surface area contributed by atoms with Gasteiger partial charge < -0.3 is 4.74 Å². The lowest BCUT2D eigenvalue weighted by Crippen LogP contribution is -1.89. The maximum absolute atomic E-state index is 5.38. The molecule has 48 valence electrons. The first-order valence-electron chi connectivity index (χ1n) is 3.29. The van der Waals surface area contributed by atoms with Crippen LogP contribution in [0.15, 0.2) is 18.2 Å². The Labute approximate surface area is 58.2 Å². The zero-order valence-corrected chi connectivity index (χ0v) is 5.29. The summed E-state index contributed by atoms with van der Waals surface area (Å²) in [6, 6.07) is 0. The van der Waals surface area contributed by atoms with Crippen LogP contribution in [0.5, 0.6) is 5.75 Å². The SMILES string of the molecule is C1=C2Cc3c1cncc3O2. The lowest BCUT2D eigenvalue weighted by atomic mass is 10.2. The number of hydrogen-bond acceptors (Lipinski definition) is 2. The minimum Gasteiger partial charge on any atom is -0.459 e. The molecule has 0 unspecified atom stereocenters. The molecule has 1 aliphatic carbocycles. The molecule has 1 aliphatic heterocycles. The van der Waals surface area contributed by atoms with Crippen LogP contribution < -0.4 is 4.74 Å². The van der Waals surface area contributed by atoms with Gasteiger partial charge in [-0.2, -0.15) is 0 Å². The molecule has 0 fully saturated rings. The Morgan fingerprint density at radius 1 is 1.40 bits per heavy atom. The third kappa shape index (κ3) is 0.355. The second kappa shape index (κ2) is 1.24. The van der Waals surface area contributed by atoms with E-state index in [1.54, 1.807) is 6.20 Å². The van der Waals surface area contributed by atoms with Gasteiger partial charge in [0.05, 0.1) is 6.20 Å². The molecule has 0 amide bonds. The Kier molecular flexibility index (Phi) is 0.556. The Morgan fingerprint density at radius 3 is 3.10 bits per heavy atom. The quantitative estimate of drug-likeness (QED) is 0.530. The zero-order valence-electron chi connectivity index (χ0n) is 5.29. The first-order valence-corrected chi connectivity index (χ1v) is 3.29. The van der Waals surface area contributed by atoms with Crippen molar-refractivity contribution in [1.29, 1.82) is 0 Å². The summed E-state index contributed by atoms with van der Waals surface area (Å²) >= 11 is 0. The van der Waals surface area contributed by atoms with Crippen LogP contribution in [0.3, 0.4) is 0 Å². The Balaban J connectivity index is 2.48. The third-order valence-corrected chi connectivity index (χ3v) is 1.96. The zero-order chi connectivity index (χ0) is 6.55. The van der Waals surface area contributed by atoms with Gasteiger partial charge >= 0.3 is 0 Å². The predicted octanol–water partition coefficient (Wildman–Crippen LogP) is 1.37. The van der Waals surface area contributed by atoms with Gasteiger partial charge in [-0.1, -0.05) is 0 Å². The number of fused-ring (bicyclic) bond motifs is 1. The number of allylic oxidation sites excluding steroid dienone is 1. The van der Waals surface area contributed by atoms with E-state index in [1.165, 1.54) is 11.1 Å². The Bertz CT molecular complexity index is 337. The fourth-order valence-electron chi connectivity index (χ4n) is 1.49. The number of pyridine rings is 1. The van der Waals surface area contributed by atoms with Crippen molar-refractivity contribution >= 4 is 6.08 Å². The van der Waals surface area contributed by atoms with Crippen molar-refractivity contribution in [2.75, 3.05) is 0 Å². The van der Waals surface area contributed by atoms with Crippen molar-refractivity contribution in [2.45, 2.75) is 6.42 Å². The second-order valence-corrected chi connectivity index (χ2v) is 2.59. The van der Waals surface area contributed by atoms with Gasteiger partial charge in [0.2, 0.25) is 0 Å². The van der Waals surface area contributed by atoms with Crippen LogP contribution in [-0.4, -0.2) is 4.98 Å². The minimum atomic E-state index is 0.954. The fourth-order valence-corrected chi connectivity index (χ4v) is 1.49. The normalized spacial score (nSPS) is 17.0. The van der Waals surface area contributed by atoms with Gasteiger partial charge in [-0.25, -0.2) is 0 Å². The van der Waals surface area contributed by atoms with E-state index in [4.69, 9.17) is 4.74 Å². The highest BCUT2D eigenvalue weighted by molar-refractivity contribution is 5.68. The number of ether oxygens (including phenoxy) is 1. The van der Waals surface area contributed by atoms with Gasteiger partial charge in [0.1, 0.15) is 11.5 Å². The van der Waals surface area contributed by atoms with E-state index >= 15 is 0 Å². The number of rotatable bonds is 0. The smallest absolute Gasteiger partial charge is 0.149 e. The highest BCUT2D eigenvalue weighted by Crippen LogP contribution is 2.39. The van der Waals surface area contributed by atoms with Crippen molar-refractivity contribution in [3.05, 3.63) is 29.3 Å². The molecular formula is C8H5NO. The van der Waals surface area contributed by atoms with Crippen LogP contribution >= 0.6 is 0 Å². The molecular weight excluding hydrogens is 126 g/mol. The summed E-state index contributed by atoms with van der Waals surface area (Å²) < 4.78 is 5.38. The van der Waals surface area contributed by atoms with Gasteiger partial charge in [-0.15, -0.1) is 0 Å². The van der Waals surface area contributed by atoms with Crippen LogP contribution in [0.4, 0.5) is 0 Å². The summed E-state index contributed by atoms with van der Waals surface area (Å²) in [5.74, 6) is 2.03. The van der Waals surface area contributed by atoms with Gasteiger partial charge in [-0.05, 0) is 6.08 Å². The molecule has 0 saturated heterocycles. The van der Waals surface area contributed by atoms with Gasteiger partial charge in [0.15, 0.2) is 0 Å². The summed E-state index contributed by atoms with van der Waals surface area (Å²) in [5.41, 5.74) is 2.55. The first kappa shape index (κ1) is 4.50. The van der Waals surface area contributed by atoms with Gasteiger partial charge in [0.25, 0.3) is 0 Å². The largest absolute Gasteiger partial charge is 0.459 e. The number of aromatic nitrogens is 1. The average Bonchev–Trinajstić information content (AvgIpc) is 2.40. The molecule has 2 aliphatic rings. The van der Waals surface area contributed by atoms with Crippen molar-refractivity contribution in [2.24, 2.45) is 0 Å². The third-order valence-electron chi connectivity index (χ3n) is 1.96. The Hall–Kier alpha value is -1.31. The standard InChI is InChI=1S/C8H5NO/c1-5-3-9-4-8-7(5)2-6(1)10-8/h1,3-4H,2H2. The molecule has 1 aromatic heterocycles. The first-order chi connectivity index (χ1) is 4.93. The predicted molar refractivity (Wildman–Crippen MR) is 36.5 cm³/mol. The van der Waals surface area contributed by atoms with Crippen LogP contribution in [0.2, 0.25) is 0 Å². The van der Waals surface area contributed by atoms with Crippen molar-refractivity contribution in [3.63, 3.8) is 0 Å². The molecule has 3 rings (SSSR count). The Morgan fingerprint density at radius 2 is 2.40 bits per heavy atom. The molecule has 0 aromatic carbocycles. The molecule has 0 N–H and O–H groups in total. The molecule has 0 saturated carbocycles. The molecule has 1 aromatic rings. The van der Waals surface area contributed by atoms with Crippen LogP contribution in [-0.2, 0) is 6.42 Å². The lowest BCUT2D eigenvalue weighted by molar-refractivity contribution is 0.448. The summed E-state index contributed by atoms with van der Waals surface area (Å²) in [4.78, 5) is 4.02. The van der Waals surface area contributed by atoms with Crippen LogP contribution in [0.1, 0.15) is 11.1 Å². The van der Waals surface area contributed by atoms with E-state index in [0.29, 0.717) is 0 Å². The highest BCUT2D eigenvalue weighted by Gasteiger charge is 2.25. The summed E-state index contributed by atoms with van der Waals surface area (Å²) in [6.07, 6.45) is 6.69. The second-order valence-electron chi connectivity index (χ2n) is 2.59. The monoisotopic (exact) mass is 131 g/mol. The molecule has 10 heavy (non-hydrogen) atoms. The molecule has 2 nitrogen and oxygen atoms in total. The van der Waals surface area contributed by atoms with E-state index in [9.17, 15) is 0 Å². The number of nitrogens with zero attached hydrogens (tertiary/aromatic N) is 1. The number of hydrogen-bond donors (Lipinski definition) is 0. The van der Waals surface area contributed by atoms with Crippen molar-refractivity contribution < 1.29 is 4.74 Å². The van der Waals surface area contributed by atoms with E-state index in [2.05, 4.69) is 11.1 Å². The van der Waals surface area contributed by atoms with E-state index in [0.717, 1.165) is 17.9 Å². The van der Waals surface area contributed by atoms with Crippen LogP contribution in [0, 0.1) is 0 Å². The summed E-state index contributed by atoms with van der Waals surface area (Å²) in [5, 5.41) is 0. The van der Waals surface area contributed by atoms with E-state index in [-0.39, 0.29) is 0 Å². The maximum Gasteiger partial charge on any atom is 0.149 e. The van der Waals surface area contributed by atoms with Crippen molar-refractivity contribution in [3.8, 4) is 5.75 Å². The maximum atomic E-state index is 5.38. The molecule has 0 spiro atoms.